The van der Waals surface area contributed by atoms with Gasteiger partial charge in [-0.05, 0) is 25.0 Å². The van der Waals surface area contributed by atoms with Crippen LogP contribution in [0.4, 0.5) is 0 Å². The summed E-state index contributed by atoms with van der Waals surface area (Å²) in [7, 11) is 0. The Labute approximate surface area is 111 Å². The number of rotatable bonds is 4. The Hall–Kier alpha value is -1.56. The Bertz CT molecular complexity index is 443. The van der Waals surface area contributed by atoms with Crippen molar-refractivity contribution in [3.8, 4) is 0 Å². The fraction of sp³-hybridized carbons (Fsp3) is 0.500. The molecule has 6 heteroatoms. The van der Waals surface area contributed by atoms with Crippen molar-refractivity contribution in [1.82, 2.24) is 15.5 Å². The van der Waals surface area contributed by atoms with Gasteiger partial charge in [-0.25, -0.2) is 0 Å². The summed E-state index contributed by atoms with van der Waals surface area (Å²) in [5.74, 6) is -0.0850. The molecule has 2 rings (SSSR count). The number of carbonyl (C=O) groups is 1. The van der Waals surface area contributed by atoms with Crippen molar-refractivity contribution in [3.05, 3.63) is 24.0 Å². The van der Waals surface area contributed by atoms with Crippen LogP contribution in [0.1, 0.15) is 31.4 Å². The normalized spacial score (nSPS) is 17.3. The largest absolute Gasteiger partial charge is 0.392 e. The summed E-state index contributed by atoms with van der Waals surface area (Å²) in [4.78, 5) is 12.6. The van der Waals surface area contributed by atoms with E-state index in [2.05, 4.69) is 15.5 Å². The van der Waals surface area contributed by atoms with E-state index >= 15 is 0 Å². The number of amides is 1. The van der Waals surface area contributed by atoms with Crippen LogP contribution in [0.3, 0.4) is 0 Å². The van der Waals surface area contributed by atoms with Gasteiger partial charge in [0.2, 0.25) is 5.91 Å². The maximum atomic E-state index is 12.3. The molecule has 0 saturated heterocycles. The molecule has 1 aromatic heterocycles. The zero-order valence-electron chi connectivity index (χ0n) is 10.1. The Morgan fingerprint density at radius 3 is 2.78 bits per heavy atom. The summed E-state index contributed by atoms with van der Waals surface area (Å²) in [6.07, 6.45) is 5.08. The summed E-state index contributed by atoms with van der Waals surface area (Å²) < 4.78 is 0. The van der Waals surface area contributed by atoms with Gasteiger partial charge in [-0.2, -0.15) is 10.2 Å². The highest BCUT2D eigenvalue weighted by molar-refractivity contribution is 7.80. The third-order valence-corrected chi connectivity index (χ3v) is 3.81. The molecule has 0 radical (unpaired) electrons. The quantitative estimate of drug-likeness (QED) is 0.791. The predicted molar refractivity (Wildman–Crippen MR) is 71.6 cm³/mol. The number of hydrogen-bond donors (Lipinski definition) is 2. The first-order valence-corrected chi connectivity index (χ1v) is 6.41. The van der Waals surface area contributed by atoms with Crippen LogP contribution in [-0.2, 0) is 11.3 Å². The Balaban J connectivity index is 2.01. The van der Waals surface area contributed by atoms with Crippen molar-refractivity contribution in [1.29, 1.82) is 0 Å². The van der Waals surface area contributed by atoms with Gasteiger partial charge < -0.3 is 11.1 Å². The number of nitrogens with zero attached hydrogens (tertiary/aromatic N) is 2. The van der Waals surface area contributed by atoms with E-state index in [-0.39, 0.29) is 5.91 Å². The van der Waals surface area contributed by atoms with Crippen LogP contribution in [-0.4, -0.2) is 21.1 Å². The minimum atomic E-state index is -0.655. The van der Waals surface area contributed by atoms with Gasteiger partial charge in [0.25, 0.3) is 0 Å². The van der Waals surface area contributed by atoms with Crippen LogP contribution in [0.15, 0.2) is 18.3 Å². The molecule has 1 aromatic rings. The number of aromatic nitrogens is 2. The van der Waals surface area contributed by atoms with Crippen molar-refractivity contribution in [2.75, 3.05) is 0 Å². The summed E-state index contributed by atoms with van der Waals surface area (Å²) >= 11 is 5.06. The van der Waals surface area contributed by atoms with E-state index in [9.17, 15) is 4.79 Å². The standard InChI is InChI=1S/C12H16N4OS/c13-10(18)12(5-1-2-6-12)11(17)14-8-9-4-3-7-15-16-9/h3-4,7H,1-2,5-6,8H2,(H2,13,18)(H,14,17). The zero-order chi connectivity index (χ0) is 13.0. The minimum Gasteiger partial charge on any atom is -0.392 e. The molecule has 96 valence electrons. The van der Waals surface area contributed by atoms with Gasteiger partial charge >= 0.3 is 0 Å². The molecule has 0 unspecified atom stereocenters. The van der Waals surface area contributed by atoms with Crippen molar-refractivity contribution < 1.29 is 4.79 Å². The van der Waals surface area contributed by atoms with E-state index in [1.165, 1.54) is 0 Å². The van der Waals surface area contributed by atoms with Crippen LogP contribution in [0.2, 0.25) is 0 Å². The Morgan fingerprint density at radius 1 is 1.50 bits per heavy atom. The van der Waals surface area contributed by atoms with Crippen LogP contribution in [0.25, 0.3) is 0 Å². The van der Waals surface area contributed by atoms with E-state index in [0.717, 1.165) is 31.4 Å². The van der Waals surface area contributed by atoms with Crippen molar-refractivity contribution in [2.45, 2.75) is 32.2 Å². The molecule has 0 aromatic carbocycles. The number of thiocarbonyl (C=S) groups is 1. The SMILES string of the molecule is NC(=S)C1(C(=O)NCc2cccnn2)CCCC1. The maximum absolute atomic E-state index is 12.3. The van der Waals surface area contributed by atoms with Gasteiger partial charge in [0.05, 0.1) is 22.6 Å². The zero-order valence-corrected chi connectivity index (χ0v) is 10.9. The highest BCUT2D eigenvalue weighted by Crippen LogP contribution is 2.38. The molecule has 3 N–H and O–H groups in total. The topological polar surface area (TPSA) is 80.9 Å². The van der Waals surface area contributed by atoms with E-state index in [4.69, 9.17) is 18.0 Å². The molecule has 1 heterocycles. The predicted octanol–water partition coefficient (Wildman–Crippen LogP) is 0.939. The van der Waals surface area contributed by atoms with Crippen molar-refractivity contribution >= 4 is 23.1 Å². The molecule has 0 bridgehead atoms. The van der Waals surface area contributed by atoms with Gasteiger partial charge in [-0.1, -0.05) is 25.1 Å². The third-order valence-electron chi connectivity index (χ3n) is 3.42. The van der Waals surface area contributed by atoms with Crippen molar-refractivity contribution in [2.24, 2.45) is 11.1 Å². The van der Waals surface area contributed by atoms with Gasteiger partial charge in [0.1, 0.15) is 0 Å². The number of hydrogen-bond acceptors (Lipinski definition) is 4. The van der Waals surface area contributed by atoms with Crippen LogP contribution >= 0.6 is 12.2 Å². The molecular formula is C12H16N4OS. The number of carbonyl (C=O) groups excluding carboxylic acids is 1. The van der Waals surface area contributed by atoms with Gasteiger partial charge in [0, 0.05) is 6.20 Å². The van der Waals surface area contributed by atoms with Crippen LogP contribution < -0.4 is 11.1 Å². The average Bonchev–Trinajstić information content (AvgIpc) is 2.88. The van der Waals surface area contributed by atoms with Crippen LogP contribution in [0.5, 0.6) is 0 Å². The van der Waals surface area contributed by atoms with Gasteiger partial charge in [-0.15, -0.1) is 0 Å². The molecule has 1 fully saturated rings. The van der Waals surface area contributed by atoms with E-state index < -0.39 is 5.41 Å². The molecule has 1 saturated carbocycles. The molecule has 0 spiro atoms. The molecular weight excluding hydrogens is 248 g/mol. The molecule has 5 nitrogen and oxygen atoms in total. The lowest BCUT2D eigenvalue weighted by atomic mass is 9.85. The van der Waals surface area contributed by atoms with Gasteiger partial charge in [0.15, 0.2) is 0 Å². The lowest BCUT2D eigenvalue weighted by Crippen LogP contribution is -2.47. The maximum Gasteiger partial charge on any atom is 0.233 e. The third kappa shape index (κ3) is 2.48. The Kier molecular flexibility index (Phi) is 3.86. The minimum absolute atomic E-state index is 0.0850. The fourth-order valence-corrected chi connectivity index (χ4v) is 2.63. The average molecular weight is 264 g/mol. The fourth-order valence-electron chi connectivity index (χ4n) is 2.33. The summed E-state index contributed by atoms with van der Waals surface area (Å²) in [5, 5.41) is 10.5. The molecule has 1 aliphatic rings. The summed E-state index contributed by atoms with van der Waals surface area (Å²) in [5.41, 5.74) is 5.81. The number of nitrogens with one attached hydrogen (secondary N) is 1. The smallest absolute Gasteiger partial charge is 0.233 e. The molecule has 0 atom stereocenters. The molecule has 1 amide bonds. The monoisotopic (exact) mass is 264 g/mol. The molecule has 1 aliphatic carbocycles. The summed E-state index contributed by atoms with van der Waals surface area (Å²) in [6, 6.07) is 3.60. The second-order valence-corrected chi connectivity index (χ2v) is 4.99. The van der Waals surface area contributed by atoms with Crippen LogP contribution in [0, 0.1) is 5.41 Å². The van der Waals surface area contributed by atoms with Gasteiger partial charge in [-0.3, -0.25) is 4.79 Å². The first-order valence-electron chi connectivity index (χ1n) is 6.00. The molecule has 18 heavy (non-hydrogen) atoms. The second kappa shape index (κ2) is 5.39. The summed E-state index contributed by atoms with van der Waals surface area (Å²) in [6.45, 7) is 0.358. The lowest BCUT2D eigenvalue weighted by molar-refractivity contribution is -0.127. The first kappa shape index (κ1) is 12.9. The first-order chi connectivity index (χ1) is 8.65. The number of nitrogens with two attached hydrogens (primary N) is 1. The molecule has 0 aliphatic heterocycles. The highest BCUT2D eigenvalue weighted by Gasteiger charge is 2.43. The Morgan fingerprint density at radius 2 is 2.22 bits per heavy atom. The van der Waals surface area contributed by atoms with Crippen molar-refractivity contribution in [3.63, 3.8) is 0 Å². The second-order valence-electron chi connectivity index (χ2n) is 4.55. The van der Waals surface area contributed by atoms with E-state index in [1.54, 1.807) is 12.3 Å². The van der Waals surface area contributed by atoms with E-state index in [0.29, 0.717) is 11.5 Å². The highest BCUT2D eigenvalue weighted by atomic mass is 32.1. The van der Waals surface area contributed by atoms with E-state index in [1.807, 2.05) is 6.07 Å². The lowest BCUT2D eigenvalue weighted by Gasteiger charge is -2.26.